The van der Waals surface area contributed by atoms with E-state index in [0.29, 0.717) is 19.5 Å². The van der Waals surface area contributed by atoms with Crippen molar-refractivity contribution in [2.45, 2.75) is 76.3 Å². The van der Waals surface area contributed by atoms with Gasteiger partial charge in [-0.1, -0.05) is 36.8 Å². The number of para-hydroxylation sites is 1. The fourth-order valence-corrected chi connectivity index (χ4v) is 6.74. The molecule has 9 nitrogen and oxygen atoms in total. The third kappa shape index (κ3) is 8.35. The van der Waals surface area contributed by atoms with Crippen molar-refractivity contribution in [2.75, 3.05) is 39.8 Å². The van der Waals surface area contributed by atoms with E-state index in [1.54, 1.807) is 0 Å². The molecule has 3 aliphatic rings. The Labute approximate surface area is 255 Å². The van der Waals surface area contributed by atoms with E-state index >= 15 is 0 Å². The average molecular weight is 593 g/mol. The van der Waals surface area contributed by atoms with Crippen LogP contribution in [0.1, 0.15) is 51.0 Å². The molecule has 3 fully saturated rings. The zero-order valence-electron chi connectivity index (χ0n) is 25.6. The minimum atomic E-state index is -0.381. The first-order valence-electron chi connectivity index (χ1n) is 16.0. The minimum absolute atomic E-state index is 0.00297. The van der Waals surface area contributed by atoms with Crippen LogP contribution in [0.2, 0.25) is 0 Å². The van der Waals surface area contributed by atoms with Gasteiger partial charge in [0.2, 0.25) is 11.8 Å². The molecule has 0 bridgehead atoms. The van der Waals surface area contributed by atoms with Crippen LogP contribution in [-0.4, -0.2) is 90.8 Å². The van der Waals surface area contributed by atoms with E-state index in [1.807, 2.05) is 54.3 Å². The molecule has 9 heteroatoms. The number of nitrogens with zero attached hydrogens (tertiary/aromatic N) is 2. The van der Waals surface area contributed by atoms with Crippen LogP contribution in [0, 0.1) is 11.8 Å². The summed E-state index contributed by atoms with van der Waals surface area (Å²) in [4.78, 5) is 31.1. The predicted molar refractivity (Wildman–Crippen MR) is 166 cm³/mol. The lowest BCUT2D eigenvalue weighted by molar-refractivity contribution is -0.161. The van der Waals surface area contributed by atoms with Crippen molar-refractivity contribution >= 4 is 11.8 Å². The maximum Gasteiger partial charge on any atom is 0.228 e. The molecule has 2 amide bonds. The molecule has 3 N–H and O–H groups in total. The minimum Gasteiger partial charge on any atom is -0.457 e. The molecule has 5 atom stereocenters. The van der Waals surface area contributed by atoms with E-state index in [-0.39, 0.29) is 54.5 Å². The first-order chi connectivity index (χ1) is 20.9. The van der Waals surface area contributed by atoms with Crippen molar-refractivity contribution < 1.29 is 24.2 Å². The number of nitrogens with one attached hydrogen (secondary N) is 2. The van der Waals surface area contributed by atoms with E-state index in [9.17, 15) is 14.7 Å². The molecular weight excluding hydrogens is 544 g/mol. The lowest BCUT2D eigenvalue weighted by atomic mass is 9.80. The van der Waals surface area contributed by atoms with Crippen molar-refractivity contribution in [3.05, 3.63) is 60.2 Å². The van der Waals surface area contributed by atoms with E-state index in [4.69, 9.17) is 9.47 Å². The Morgan fingerprint density at radius 3 is 2.51 bits per heavy atom. The van der Waals surface area contributed by atoms with Crippen LogP contribution in [-0.2, 0) is 20.9 Å². The van der Waals surface area contributed by atoms with Gasteiger partial charge < -0.3 is 30.1 Å². The molecule has 2 aromatic carbocycles. The zero-order valence-corrected chi connectivity index (χ0v) is 25.6. The molecule has 1 aliphatic carbocycles. The number of hydrogen-bond acceptors (Lipinski definition) is 7. The van der Waals surface area contributed by atoms with Crippen LogP contribution < -0.4 is 15.4 Å². The molecule has 43 heavy (non-hydrogen) atoms. The number of ether oxygens (including phenoxy) is 2. The second-order valence-electron chi connectivity index (χ2n) is 12.5. The Bertz CT molecular complexity index is 1170. The summed E-state index contributed by atoms with van der Waals surface area (Å²) in [6, 6.07) is 17.4. The van der Waals surface area contributed by atoms with Crippen LogP contribution in [0.5, 0.6) is 11.5 Å². The zero-order chi connectivity index (χ0) is 30.2. The molecule has 0 radical (unpaired) electrons. The summed E-state index contributed by atoms with van der Waals surface area (Å²) in [7, 11) is 2.09. The molecule has 0 aromatic heterocycles. The van der Waals surface area contributed by atoms with E-state index in [0.717, 1.165) is 63.2 Å². The van der Waals surface area contributed by atoms with Crippen LogP contribution >= 0.6 is 0 Å². The van der Waals surface area contributed by atoms with Gasteiger partial charge in [-0.15, -0.1) is 0 Å². The Kier molecular flexibility index (Phi) is 11.1. The standard InChI is InChI=1S/C34H48N4O5/c1-24(23-39)38-20-17-29(22-37(2)21-25-11-13-28(14-12-25)42-27-7-4-3-5-8-27)43-32-30(34(38)41)9-6-10-31(32)36-33(40)26-15-18-35-19-16-26/h3-5,7-8,11-14,24,26,29-32,35,39H,6,9-10,15-23H2,1-2H3,(H,36,40)/t24-,29+,30?,31?,32?/m0/s1. The van der Waals surface area contributed by atoms with Crippen molar-refractivity contribution in [3.63, 3.8) is 0 Å². The van der Waals surface area contributed by atoms with Crippen molar-refractivity contribution in [1.82, 2.24) is 20.4 Å². The van der Waals surface area contributed by atoms with E-state index < -0.39 is 0 Å². The Morgan fingerprint density at radius 1 is 1.07 bits per heavy atom. The lowest BCUT2D eigenvalue weighted by Gasteiger charge is -2.45. The molecule has 2 aliphatic heterocycles. The van der Waals surface area contributed by atoms with Gasteiger partial charge in [-0.3, -0.25) is 14.5 Å². The molecule has 2 aromatic rings. The van der Waals surface area contributed by atoms with Gasteiger partial charge in [-0.2, -0.15) is 0 Å². The summed E-state index contributed by atoms with van der Waals surface area (Å²) >= 11 is 0. The second-order valence-corrected chi connectivity index (χ2v) is 12.5. The largest absolute Gasteiger partial charge is 0.457 e. The maximum atomic E-state index is 13.8. The fraction of sp³-hybridized carbons (Fsp3) is 0.588. The number of rotatable bonds is 10. The predicted octanol–water partition coefficient (Wildman–Crippen LogP) is 3.56. The highest BCUT2D eigenvalue weighted by Crippen LogP contribution is 2.33. The lowest BCUT2D eigenvalue weighted by Crippen LogP contribution is -2.59. The number of likely N-dealkylation sites (N-methyl/N-ethyl adjacent to an activating group) is 1. The summed E-state index contributed by atoms with van der Waals surface area (Å²) in [5.74, 6) is 1.40. The maximum absolute atomic E-state index is 13.8. The van der Waals surface area contributed by atoms with Gasteiger partial charge in [-0.05, 0) is 89.0 Å². The number of amides is 2. The molecule has 0 spiro atoms. The molecule has 2 saturated heterocycles. The highest BCUT2D eigenvalue weighted by molar-refractivity contribution is 5.81. The van der Waals surface area contributed by atoms with Gasteiger partial charge in [0.1, 0.15) is 11.5 Å². The van der Waals surface area contributed by atoms with Gasteiger partial charge >= 0.3 is 0 Å². The van der Waals surface area contributed by atoms with Crippen LogP contribution in [0.25, 0.3) is 0 Å². The number of aliphatic hydroxyl groups excluding tert-OH is 1. The van der Waals surface area contributed by atoms with Gasteiger partial charge in [0.25, 0.3) is 0 Å². The normalized spacial score (nSPS) is 25.9. The SMILES string of the molecule is C[C@@H](CO)N1CC[C@H](CN(C)Cc2ccc(Oc3ccccc3)cc2)OC2C(NC(=O)C3CCNCC3)CCCC2C1=O. The first-order valence-corrected chi connectivity index (χ1v) is 16.0. The van der Waals surface area contributed by atoms with E-state index in [2.05, 4.69) is 34.7 Å². The Hall–Kier alpha value is -2.98. The topological polar surface area (TPSA) is 103 Å². The molecule has 3 unspecified atom stereocenters. The van der Waals surface area contributed by atoms with Crippen molar-refractivity contribution in [2.24, 2.45) is 11.8 Å². The summed E-state index contributed by atoms with van der Waals surface area (Å²) in [5.41, 5.74) is 1.17. The number of aliphatic hydroxyl groups is 1. The Morgan fingerprint density at radius 2 is 1.79 bits per heavy atom. The van der Waals surface area contributed by atoms with Gasteiger partial charge in [0, 0.05) is 25.6 Å². The molecular formula is C34H48N4O5. The van der Waals surface area contributed by atoms with Crippen LogP contribution in [0.4, 0.5) is 0 Å². The molecule has 1 saturated carbocycles. The fourth-order valence-electron chi connectivity index (χ4n) is 6.74. The summed E-state index contributed by atoms with van der Waals surface area (Å²) in [6.45, 7) is 5.51. The van der Waals surface area contributed by atoms with Gasteiger partial charge in [0.15, 0.2) is 0 Å². The van der Waals surface area contributed by atoms with Crippen molar-refractivity contribution in [1.29, 1.82) is 0 Å². The smallest absolute Gasteiger partial charge is 0.228 e. The van der Waals surface area contributed by atoms with Crippen molar-refractivity contribution in [3.8, 4) is 11.5 Å². The quantitative estimate of drug-likeness (QED) is 0.388. The monoisotopic (exact) mass is 592 g/mol. The Balaban J connectivity index is 1.26. The van der Waals surface area contributed by atoms with Gasteiger partial charge in [0.05, 0.1) is 36.8 Å². The number of piperidine rings is 1. The number of benzene rings is 2. The number of carbonyl (C=O) groups excluding carboxylic acids is 2. The molecule has 5 rings (SSSR count). The highest BCUT2D eigenvalue weighted by Gasteiger charge is 2.44. The number of hydrogen-bond donors (Lipinski definition) is 3. The van der Waals surface area contributed by atoms with Crippen LogP contribution in [0.3, 0.4) is 0 Å². The summed E-state index contributed by atoms with van der Waals surface area (Å²) in [6.07, 6.45) is 4.25. The summed E-state index contributed by atoms with van der Waals surface area (Å²) < 4.78 is 12.8. The van der Waals surface area contributed by atoms with E-state index in [1.165, 1.54) is 5.56 Å². The molecule has 2 heterocycles. The molecule has 234 valence electrons. The highest BCUT2D eigenvalue weighted by atomic mass is 16.5. The number of carbonyl (C=O) groups is 2. The number of fused-ring (bicyclic) bond motifs is 1. The summed E-state index contributed by atoms with van der Waals surface area (Å²) in [5, 5.41) is 16.6. The average Bonchev–Trinajstić information content (AvgIpc) is 3.02. The third-order valence-electron chi connectivity index (χ3n) is 9.17. The first kappa shape index (κ1) is 31.4. The van der Waals surface area contributed by atoms with Gasteiger partial charge in [-0.25, -0.2) is 0 Å². The second kappa shape index (κ2) is 15.1. The van der Waals surface area contributed by atoms with Crippen LogP contribution in [0.15, 0.2) is 54.6 Å². The third-order valence-corrected chi connectivity index (χ3v) is 9.17.